The molecule has 2 aromatic carbocycles. The van der Waals surface area contributed by atoms with Crippen LogP contribution in [0.1, 0.15) is 11.1 Å². The Bertz CT molecular complexity index is 875. The number of ether oxygens (including phenoxy) is 1. The van der Waals surface area contributed by atoms with Crippen LogP contribution in [0.15, 0.2) is 53.5 Å². The van der Waals surface area contributed by atoms with E-state index in [9.17, 15) is 19.8 Å². The minimum absolute atomic E-state index is 0. The molecule has 0 aromatic heterocycles. The standard InChI is InChI=1S/C19H18N2O5S.2K/c20-15(18(23)24)9-11-1-5-13(6-2-11)26-14-7-3-12(4-8-14)10-16-17(22)21-19(25)27-16;;/h1-8,15-16H,9-10,20H2,(H,23,24)(H,21,22,25);;/q;2*+1/p-2/t15-,16?;;/m0../s1. The molecule has 1 aliphatic heterocycles. The molecule has 0 aliphatic carbocycles. The minimum atomic E-state index is -1.29. The maximum atomic E-state index is 11.6. The molecule has 0 bridgehead atoms. The van der Waals surface area contributed by atoms with E-state index in [0.29, 0.717) is 17.9 Å². The zero-order valence-corrected chi connectivity index (χ0v) is 23.2. The summed E-state index contributed by atoms with van der Waals surface area (Å²) in [5, 5.41) is 20.9. The van der Waals surface area contributed by atoms with Gasteiger partial charge in [0.1, 0.15) is 11.5 Å². The first-order valence-electron chi connectivity index (χ1n) is 8.19. The number of benzene rings is 2. The Balaban J connectivity index is 0.00000210. The summed E-state index contributed by atoms with van der Waals surface area (Å²) in [6, 6.07) is 13.1. The van der Waals surface area contributed by atoms with Gasteiger partial charge in [0.15, 0.2) is 0 Å². The summed E-state index contributed by atoms with van der Waals surface area (Å²) in [5.41, 5.74) is 7.14. The molecule has 2 atom stereocenters. The molecule has 0 saturated heterocycles. The van der Waals surface area contributed by atoms with E-state index in [1.165, 1.54) is 0 Å². The maximum Gasteiger partial charge on any atom is 1.00 e. The third kappa shape index (κ3) is 8.47. The van der Waals surface area contributed by atoms with Crippen LogP contribution in [0.4, 0.5) is 0 Å². The molecule has 2 N–H and O–H groups in total. The van der Waals surface area contributed by atoms with Crippen LogP contribution in [-0.2, 0) is 22.4 Å². The van der Waals surface area contributed by atoms with Crippen molar-refractivity contribution in [2.75, 3.05) is 0 Å². The van der Waals surface area contributed by atoms with E-state index in [4.69, 9.17) is 10.5 Å². The van der Waals surface area contributed by atoms with Crippen LogP contribution >= 0.6 is 11.8 Å². The molecule has 1 amide bonds. The Morgan fingerprint density at radius 2 is 1.59 bits per heavy atom. The van der Waals surface area contributed by atoms with Gasteiger partial charge in [0.05, 0.1) is 11.2 Å². The fourth-order valence-corrected chi connectivity index (χ4v) is 3.38. The van der Waals surface area contributed by atoms with Gasteiger partial charge in [0.2, 0.25) is 0 Å². The number of hydrogen-bond acceptors (Lipinski definition) is 7. The Hall–Kier alpha value is 0.433. The molecule has 7 nitrogen and oxygen atoms in total. The second-order valence-corrected chi connectivity index (χ2v) is 7.20. The van der Waals surface area contributed by atoms with Crippen molar-refractivity contribution in [3.05, 3.63) is 59.7 Å². The van der Waals surface area contributed by atoms with Crippen LogP contribution in [0.3, 0.4) is 0 Å². The Morgan fingerprint density at radius 1 is 1.07 bits per heavy atom. The minimum Gasteiger partial charge on any atom is -0.854 e. The molecule has 29 heavy (non-hydrogen) atoms. The molecule has 2 aromatic rings. The molecule has 10 heteroatoms. The molecule has 0 radical (unpaired) electrons. The van der Waals surface area contributed by atoms with Crippen molar-refractivity contribution in [3.63, 3.8) is 0 Å². The van der Waals surface area contributed by atoms with E-state index in [1.807, 2.05) is 12.1 Å². The van der Waals surface area contributed by atoms with Gasteiger partial charge in [-0.3, -0.25) is 4.79 Å². The summed E-state index contributed by atoms with van der Waals surface area (Å²) < 4.78 is 5.74. The normalized spacial score (nSPS) is 16.2. The third-order valence-electron chi connectivity index (χ3n) is 3.98. The smallest absolute Gasteiger partial charge is 0.854 e. The second kappa shape index (κ2) is 13.1. The molecule has 0 saturated carbocycles. The SMILES string of the molecule is N[C@@H](Cc1ccc(Oc2ccc(CC3SC([O-])=NC3=O)cc2)cc1)C(=O)[O-].[K+].[K+]. The number of carboxylic acids is 1. The zero-order valence-electron chi connectivity index (χ0n) is 16.2. The predicted molar refractivity (Wildman–Crippen MR) is 97.2 cm³/mol. The fraction of sp³-hybridized carbons (Fsp3) is 0.211. The number of aliphatic imine (C=N–C) groups is 1. The number of amides is 1. The first-order valence-corrected chi connectivity index (χ1v) is 9.07. The molecular weight excluding hydrogens is 446 g/mol. The van der Waals surface area contributed by atoms with E-state index in [2.05, 4.69) is 4.99 Å². The summed E-state index contributed by atoms with van der Waals surface area (Å²) in [4.78, 5) is 25.6. The molecule has 3 rings (SSSR count). The largest absolute Gasteiger partial charge is 1.00 e. The molecular formula is C19H16K2N2O5S. The Labute approximate surface area is 257 Å². The van der Waals surface area contributed by atoms with Gasteiger partial charge >= 0.3 is 103 Å². The van der Waals surface area contributed by atoms with Crippen molar-refractivity contribution in [1.82, 2.24) is 0 Å². The van der Waals surface area contributed by atoms with Gasteiger partial charge in [0.25, 0.3) is 5.91 Å². The number of aliphatic carboxylic acids is 1. The molecule has 1 unspecified atom stereocenters. The van der Waals surface area contributed by atoms with Gasteiger partial charge in [-0.1, -0.05) is 24.3 Å². The molecule has 0 fully saturated rings. The first kappa shape index (κ1) is 27.5. The number of carboxylic acid groups (broad SMARTS) is 1. The molecule has 1 heterocycles. The van der Waals surface area contributed by atoms with E-state index in [1.54, 1.807) is 36.4 Å². The van der Waals surface area contributed by atoms with E-state index in [0.717, 1.165) is 22.9 Å². The molecule has 140 valence electrons. The summed E-state index contributed by atoms with van der Waals surface area (Å²) in [6.45, 7) is 0. The monoisotopic (exact) mass is 462 g/mol. The third-order valence-corrected chi connectivity index (χ3v) is 4.93. The van der Waals surface area contributed by atoms with Crippen molar-refractivity contribution in [2.45, 2.75) is 24.1 Å². The Morgan fingerprint density at radius 3 is 2.03 bits per heavy atom. The second-order valence-electron chi connectivity index (χ2n) is 6.05. The van der Waals surface area contributed by atoms with Crippen molar-refractivity contribution >= 4 is 28.9 Å². The van der Waals surface area contributed by atoms with Gasteiger partial charge in [-0.15, -0.1) is 11.8 Å². The van der Waals surface area contributed by atoms with E-state index < -0.39 is 22.5 Å². The summed E-state index contributed by atoms with van der Waals surface area (Å²) in [5.74, 6) is -0.460. The zero-order chi connectivity index (χ0) is 19.4. The van der Waals surface area contributed by atoms with Crippen molar-refractivity contribution in [1.29, 1.82) is 0 Å². The average molecular weight is 463 g/mol. The number of thioether (sulfide) groups is 1. The van der Waals surface area contributed by atoms with Crippen LogP contribution < -0.4 is 123 Å². The molecule has 0 spiro atoms. The number of carbonyl (C=O) groups is 2. The van der Waals surface area contributed by atoms with Crippen LogP contribution in [0.5, 0.6) is 11.5 Å². The van der Waals surface area contributed by atoms with E-state index in [-0.39, 0.29) is 115 Å². The quantitative estimate of drug-likeness (QED) is 0.406. The van der Waals surface area contributed by atoms with Gasteiger partial charge in [-0.05, 0) is 48.2 Å². The van der Waals surface area contributed by atoms with Crippen LogP contribution in [-0.4, -0.2) is 28.4 Å². The number of nitrogens with two attached hydrogens (primary N) is 1. The van der Waals surface area contributed by atoms with Crippen LogP contribution in [0.2, 0.25) is 0 Å². The van der Waals surface area contributed by atoms with Crippen molar-refractivity contribution < 1.29 is 127 Å². The van der Waals surface area contributed by atoms with Crippen LogP contribution in [0.25, 0.3) is 0 Å². The van der Waals surface area contributed by atoms with Gasteiger partial charge in [-0.25, -0.2) is 4.99 Å². The number of nitrogens with zero attached hydrogens (tertiary/aromatic N) is 1. The predicted octanol–water partition coefficient (Wildman–Crippen LogP) is -5.99. The maximum absolute atomic E-state index is 11.6. The fourth-order valence-electron chi connectivity index (χ4n) is 2.56. The molecule has 1 aliphatic rings. The van der Waals surface area contributed by atoms with Crippen LogP contribution in [0, 0.1) is 0 Å². The Kier molecular flexibility index (Phi) is 12.4. The summed E-state index contributed by atoms with van der Waals surface area (Å²) in [7, 11) is 0. The number of carbonyl (C=O) groups excluding carboxylic acids is 2. The van der Waals surface area contributed by atoms with Crippen molar-refractivity contribution in [2.24, 2.45) is 10.7 Å². The topological polar surface area (TPSA) is 128 Å². The van der Waals surface area contributed by atoms with Gasteiger partial charge in [0, 0.05) is 11.3 Å². The summed E-state index contributed by atoms with van der Waals surface area (Å²) in [6.07, 6.45) is 0.621. The number of hydrogen-bond donors (Lipinski definition) is 1. The first-order chi connectivity index (χ1) is 12.9. The van der Waals surface area contributed by atoms with Gasteiger partial charge < -0.3 is 25.5 Å². The van der Waals surface area contributed by atoms with Gasteiger partial charge in [-0.2, -0.15) is 0 Å². The summed E-state index contributed by atoms with van der Waals surface area (Å²) >= 11 is 0.947. The average Bonchev–Trinajstić information content (AvgIpc) is 2.95. The number of rotatable bonds is 7. The van der Waals surface area contributed by atoms with E-state index >= 15 is 0 Å². The van der Waals surface area contributed by atoms with Crippen molar-refractivity contribution in [3.8, 4) is 11.5 Å².